The van der Waals surface area contributed by atoms with Crippen LogP contribution in [0.3, 0.4) is 0 Å². The van der Waals surface area contributed by atoms with Gasteiger partial charge in [-0.05, 0) is 29.7 Å². The van der Waals surface area contributed by atoms with Gasteiger partial charge < -0.3 is 14.4 Å². The van der Waals surface area contributed by atoms with Gasteiger partial charge in [-0.2, -0.15) is 0 Å². The number of fused-ring (bicyclic) bond motifs is 1. The van der Waals surface area contributed by atoms with Crippen LogP contribution < -0.4 is 0 Å². The SMILES string of the molecule is O=C(O)c1cncc2c1CCN(C(=O)Cc1ccco1)C2. The van der Waals surface area contributed by atoms with Crippen molar-refractivity contribution in [3.8, 4) is 0 Å². The Kier molecular flexibility index (Phi) is 3.43. The highest BCUT2D eigenvalue weighted by atomic mass is 16.4. The Balaban J connectivity index is 1.77. The summed E-state index contributed by atoms with van der Waals surface area (Å²) in [6.45, 7) is 0.903. The summed E-state index contributed by atoms with van der Waals surface area (Å²) in [5, 5.41) is 9.15. The molecular formula is C15H14N2O4. The fourth-order valence-electron chi connectivity index (χ4n) is 2.56. The highest BCUT2D eigenvalue weighted by Crippen LogP contribution is 2.22. The smallest absolute Gasteiger partial charge is 0.337 e. The Labute approximate surface area is 121 Å². The number of rotatable bonds is 3. The van der Waals surface area contributed by atoms with Crippen LogP contribution in [0.1, 0.15) is 27.2 Å². The van der Waals surface area contributed by atoms with Crippen molar-refractivity contribution in [2.45, 2.75) is 19.4 Å². The van der Waals surface area contributed by atoms with Crippen LogP contribution in [0.25, 0.3) is 0 Å². The van der Waals surface area contributed by atoms with Gasteiger partial charge in [0.1, 0.15) is 5.76 Å². The van der Waals surface area contributed by atoms with Crippen molar-refractivity contribution in [2.75, 3.05) is 6.54 Å². The molecule has 6 heteroatoms. The number of hydrogen-bond donors (Lipinski definition) is 1. The number of amides is 1. The molecule has 2 aromatic rings. The lowest BCUT2D eigenvalue weighted by Crippen LogP contribution is -2.37. The van der Waals surface area contributed by atoms with Gasteiger partial charge in [-0.15, -0.1) is 0 Å². The van der Waals surface area contributed by atoms with E-state index in [0.717, 1.165) is 11.1 Å². The van der Waals surface area contributed by atoms with Gasteiger partial charge in [0.05, 0.1) is 18.2 Å². The lowest BCUT2D eigenvalue weighted by atomic mass is 9.97. The molecule has 6 nitrogen and oxygen atoms in total. The Bertz CT molecular complexity index is 679. The molecule has 0 unspecified atom stereocenters. The van der Waals surface area contributed by atoms with Gasteiger partial charge in [-0.3, -0.25) is 9.78 Å². The van der Waals surface area contributed by atoms with Gasteiger partial charge in [-0.25, -0.2) is 4.79 Å². The number of carbonyl (C=O) groups excluding carboxylic acids is 1. The van der Waals surface area contributed by atoms with Gasteiger partial charge in [0, 0.05) is 25.5 Å². The monoisotopic (exact) mass is 286 g/mol. The molecule has 1 amide bonds. The lowest BCUT2D eigenvalue weighted by Gasteiger charge is -2.29. The molecule has 0 fully saturated rings. The standard InChI is InChI=1S/C15H14N2O4/c18-14(6-11-2-1-5-21-11)17-4-3-12-10(9-17)7-16-8-13(12)15(19)20/h1-2,5,7-8H,3-4,6,9H2,(H,19,20). The molecule has 0 spiro atoms. The zero-order valence-electron chi connectivity index (χ0n) is 11.3. The normalized spacial score (nSPS) is 13.8. The molecule has 108 valence electrons. The van der Waals surface area contributed by atoms with Crippen LogP contribution in [0.5, 0.6) is 0 Å². The molecule has 0 aliphatic carbocycles. The number of carbonyl (C=O) groups is 2. The Morgan fingerprint density at radius 1 is 1.38 bits per heavy atom. The van der Waals surface area contributed by atoms with Crippen molar-refractivity contribution in [1.29, 1.82) is 0 Å². The summed E-state index contributed by atoms with van der Waals surface area (Å²) in [4.78, 5) is 29.0. The van der Waals surface area contributed by atoms with Gasteiger partial charge in [0.25, 0.3) is 0 Å². The maximum atomic E-state index is 12.2. The molecule has 0 atom stereocenters. The first-order chi connectivity index (χ1) is 10.1. The second-order valence-electron chi connectivity index (χ2n) is 4.95. The molecule has 1 N–H and O–H groups in total. The minimum Gasteiger partial charge on any atom is -0.478 e. The number of nitrogens with zero attached hydrogens (tertiary/aromatic N) is 2. The van der Waals surface area contributed by atoms with Crippen molar-refractivity contribution in [1.82, 2.24) is 9.88 Å². The van der Waals surface area contributed by atoms with Gasteiger partial charge in [-0.1, -0.05) is 0 Å². The average Bonchev–Trinajstić information content (AvgIpc) is 2.98. The van der Waals surface area contributed by atoms with Crippen LogP contribution in [0.4, 0.5) is 0 Å². The average molecular weight is 286 g/mol. The molecule has 21 heavy (non-hydrogen) atoms. The van der Waals surface area contributed by atoms with E-state index < -0.39 is 5.97 Å². The van der Waals surface area contributed by atoms with E-state index in [9.17, 15) is 9.59 Å². The second kappa shape index (κ2) is 5.40. The predicted molar refractivity (Wildman–Crippen MR) is 72.7 cm³/mol. The van der Waals surface area contributed by atoms with Crippen molar-refractivity contribution < 1.29 is 19.1 Å². The quantitative estimate of drug-likeness (QED) is 0.924. The first-order valence-electron chi connectivity index (χ1n) is 6.64. The van der Waals surface area contributed by atoms with E-state index in [1.165, 1.54) is 12.5 Å². The third-order valence-corrected chi connectivity index (χ3v) is 3.63. The van der Waals surface area contributed by atoms with Crippen molar-refractivity contribution in [2.24, 2.45) is 0 Å². The molecule has 1 aliphatic rings. The van der Waals surface area contributed by atoms with Gasteiger partial charge in [0.15, 0.2) is 0 Å². The summed E-state index contributed by atoms with van der Waals surface area (Å²) in [7, 11) is 0. The second-order valence-corrected chi connectivity index (χ2v) is 4.95. The van der Waals surface area contributed by atoms with E-state index in [2.05, 4.69) is 4.98 Å². The first kappa shape index (κ1) is 13.4. The van der Waals surface area contributed by atoms with Crippen LogP contribution in [0.15, 0.2) is 35.2 Å². The maximum Gasteiger partial charge on any atom is 0.337 e. The van der Waals surface area contributed by atoms with Gasteiger partial charge in [0.2, 0.25) is 5.91 Å². The molecule has 2 aromatic heterocycles. The Morgan fingerprint density at radius 3 is 2.95 bits per heavy atom. The summed E-state index contributed by atoms with van der Waals surface area (Å²) in [5.41, 5.74) is 1.80. The van der Waals surface area contributed by atoms with E-state index in [1.807, 2.05) is 0 Å². The number of hydrogen-bond acceptors (Lipinski definition) is 4. The van der Waals surface area contributed by atoms with Gasteiger partial charge >= 0.3 is 5.97 Å². The summed E-state index contributed by atoms with van der Waals surface area (Å²) < 4.78 is 5.18. The lowest BCUT2D eigenvalue weighted by molar-refractivity contribution is -0.131. The summed E-state index contributed by atoms with van der Waals surface area (Å²) in [6, 6.07) is 3.51. The zero-order valence-corrected chi connectivity index (χ0v) is 11.3. The van der Waals surface area contributed by atoms with Crippen LogP contribution >= 0.6 is 0 Å². The van der Waals surface area contributed by atoms with E-state index in [1.54, 1.807) is 23.2 Å². The molecule has 3 rings (SSSR count). The van der Waals surface area contributed by atoms with Crippen LogP contribution in [-0.4, -0.2) is 33.4 Å². The van der Waals surface area contributed by atoms with Crippen LogP contribution in [0, 0.1) is 0 Å². The highest BCUT2D eigenvalue weighted by Gasteiger charge is 2.25. The number of carboxylic acids is 1. The summed E-state index contributed by atoms with van der Waals surface area (Å²) in [6.07, 6.45) is 5.28. The number of pyridine rings is 1. The minimum absolute atomic E-state index is 0.0312. The number of carboxylic acid groups (broad SMARTS) is 1. The Morgan fingerprint density at radius 2 is 2.24 bits per heavy atom. The molecule has 0 saturated carbocycles. The van der Waals surface area contributed by atoms with Crippen LogP contribution in [0.2, 0.25) is 0 Å². The summed E-state index contributed by atoms with van der Waals surface area (Å²) in [5.74, 6) is -0.380. The van der Waals surface area contributed by atoms with E-state index in [0.29, 0.717) is 25.3 Å². The molecule has 0 aromatic carbocycles. The van der Waals surface area contributed by atoms with E-state index in [-0.39, 0.29) is 17.9 Å². The fourth-order valence-corrected chi connectivity index (χ4v) is 2.56. The topological polar surface area (TPSA) is 83.6 Å². The third kappa shape index (κ3) is 2.65. The fraction of sp³-hybridized carbons (Fsp3) is 0.267. The molecule has 0 radical (unpaired) electrons. The molecule has 3 heterocycles. The summed E-state index contributed by atoms with van der Waals surface area (Å²) >= 11 is 0. The third-order valence-electron chi connectivity index (χ3n) is 3.63. The Hall–Kier alpha value is -2.63. The van der Waals surface area contributed by atoms with E-state index >= 15 is 0 Å². The maximum absolute atomic E-state index is 12.2. The highest BCUT2D eigenvalue weighted by molar-refractivity contribution is 5.89. The first-order valence-corrected chi connectivity index (χ1v) is 6.64. The predicted octanol–water partition coefficient (Wildman–Crippen LogP) is 1.50. The molecule has 0 saturated heterocycles. The molecule has 1 aliphatic heterocycles. The van der Waals surface area contributed by atoms with E-state index in [4.69, 9.17) is 9.52 Å². The van der Waals surface area contributed by atoms with Crippen LogP contribution in [-0.2, 0) is 24.2 Å². The minimum atomic E-state index is -0.977. The van der Waals surface area contributed by atoms with Crippen molar-refractivity contribution >= 4 is 11.9 Å². The van der Waals surface area contributed by atoms with Crippen molar-refractivity contribution in [3.05, 3.63) is 53.2 Å². The number of aromatic carboxylic acids is 1. The number of aromatic nitrogens is 1. The number of furan rings is 1. The molecule has 0 bridgehead atoms. The van der Waals surface area contributed by atoms with Crippen molar-refractivity contribution in [3.63, 3.8) is 0 Å². The largest absolute Gasteiger partial charge is 0.478 e. The molecular weight excluding hydrogens is 272 g/mol. The zero-order chi connectivity index (χ0) is 14.8.